The Bertz CT molecular complexity index is 327. The first-order chi connectivity index (χ1) is 7.62. The molecule has 0 heterocycles. The minimum Gasteiger partial charge on any atom is -0.461 e. The predicted molar refractivity (Wildman–Crippen MR) is 61.4 cm³/mol. The SMILES string of the molecule is CCC1=CC(C#N)C(OC(C)=O)C(CC)C1. The van der Waals surface area contributed by atoms with Crippen LogP contribution in [0.25, 0.3) is 0 Å². The normalized spacial score (nSPS) is 29.1. The van der Waals surface area contributed by atoms with Crippen molar-refractivity contribution in [2.45, 2.75) is 46.1 Å². The molecule has 0 N–H and O–H groups in total. The van der Waals surface area contributed by atoms with Gasteiger partial charge < -0.3 is 4.74 Å². The van der Waals surface area contributed by atoms with Gasteiger partial charge in [0.25, 0.3) is 0 Å². The van der Waals surface area contributed by atoms with Gasteiger partial charge in [-0.05, 0) is 19.3 Å². The van der Waals surface area contributed by atoms with Crippen LogP contribution in [0.3, 0.4) is 0 Å². The van der Waals surface area contributed by atoms with Crippen LogP contribution in [-0.4, -0.2) is 12.1 Å². The van der Waals surface area contributed by atoms with Crippen LogP contribution in [-0.2, 0) is 9.53 Å². The van der Waals surface area contributed by atoms with E-state index in [2.05, 4.69) is 19.9 Å². The predicted octanol–water partition coefficient (Wildman–Crippen LogP) is 2.82. The molecule has 3 heteroatoms. The Morgan fingerprint density at radius 3 is 2.75 bits per heavy atom. The molecule has 0 bridgehead atoms. The number of rotatable bonds is 3. The first kappa shape index (κ1) is 12.8. The van der Waals surface area contributed by atoms with Gasteiger partial charge in [-0.3, -0.25) is 4.79 Å². The molecule has 1 aliphatic rings. The van der Waals surface area contributed by atoms with Gasteiger partial charge in [-0.1, -0.05) is 25.5 Å². The fourth-order valence-electron chi connectivity index (χ4n) is 2.27. The maximum atomic E-state index is 11.0. The van der Waals surface area contributed by atoms with Crippen LogP contribution < -0.4 is 0 Å². The number of ether oxygens (including phenoxy) is 1. The van der Waals surface area contributed by atoms with Gasteiger partial charge in [-0.25, -0.2) is 0 Å². The van der Waals surface area contributed by atoms with E-state index in [-0.39, 0.29) is 23.9 Å². The summed E-state index contributed by atoms with van der Waals surface area (Å²) in [5.41, 5.74) is 1.31. The number of nitrogens with zero attached hydrogens (tertiary/aromatic N) is 1. The van der Waals surface area contributed by atoms with Crippen molar-refractivity contribution in [1.82, 2.24) is 0 Å². The van der Waals surface area contributed by atoms with E-state index in [9.17, 15) is 4.79 Å². The second-order valence-corrected chi connectivity index (χ2v) is 4.28. The van der Waals surface area contributed by atoms with E-state index in [1.807, 2.05) is 6.08 Å². The fraction of sp³-hybridized carbons (Fsp3) is 0.692. The molecule has 0 aromatic heterocycles. The van der Waals surface area contributed by atoms with Crippen LogP contribution in [0, 0.1) is 23.2 Å². The van der Waals surface area contributed by atoms with Crippen molar-refractivity contribution in [2.75, 3.05) is 0 Å². The lowest BCUT2D eigenvalue weighted by Gasteiger charge is -2.33. The molecule has 0 amide bonds. The average molecular weight is 221 g/mol. The number of allylic oxidation sites excluding steroid dienone is 1. The van der Waals surface area contributed by atoms with E-state index < -0.39 is 0 Å². The molecule has 0 aliphatic heterocycles. The van der Waals surface area contributed by atoms with Crippen molar-refractivity contribution < 1.29 is 9.53 Å². The van der Waals surface area contributed by atoms with Gasteiger partial charge in [0.2, 0.25) is 0 Å². The van der Waals surface area contributed by atoms with Gasteiger partial charge in [0, 0.05) is 12.8 Å². The lowest BCUT2D eigenvalue weighted by Crippen LogP contribution is -2.35. The van der Waals surface area contributed by atoms with Gasteiger partial charge in [-0.2, -0.15) is 5.26 Å². The van der Waals surface area contributed by atoms with Crippen molar-refractivity contribution in [1.29, 1.82) is 5.26 Å². The molecule has 3 unspecified atom stereocenters. The summed E-state index contributed by atoms with van der Waals surface area (Å²) in [7, 11) is 0. The van der Waals surface area contributed by atoms with E-state index in [4.69, 9.17) is 10.00 Å². The van der Waals surface area contributed by atoms with E-state index in [0.29, 0.717) is 0 Å². The number of hydrogen-bond acceptors (Lipinski definition) is 3. The highest BCUT2D eigenvalue weighted by molar-refractivity contribution is 5.66. The van der Waals surface area contributed by atoms with Crippen molar-refractivity contribution in [2.24, 2.45) is 11.8 Å². The third-order valence-electron chi connectivity index (χ3n) is 3.19. The summed E-state index contributed by atoms with van der Waals surface area (Å²) in [5.74, 6) is -0.289. The second-order valence-electron chi connectivity index (χ2n) is 4.28. The Labute approximate surface area is 97.1 Å². The third kappa shape index (κ3) is 2.85. The second kappa shape index (κ2) is 5.69. The largest absolute Gasteiger partial charge is 0.461 e. The molecule has 0 fully saturated rings. The molecule has 0 radical (unpaired) electrons. The zero-order valence-corrected chi connectivity index (χ0v) is 10.2. The van der Waals surface area contributed by atoms with Crippen LogP contribution >= 0.6 is 0 Å². The summed E-state index contributed by atoms with van der Waals surface area (Å²) < 4.78 is 5.29. The number of nitriles is 1. The molecule has 0 spiro atoms. The smallest absolute Gasteiger partial charge is 0.302 e. The summed E-state index contributed by atoms with van der Waals surface area (Å²) in [4.78, 5) is 11.0. The van der Waals surface area contributed by atoms with Crippen LogP contribution in [0.1, 0.15) is 40.0 Å². The third-order valence-corrected chi connectivity index (χ3v) is 3.19. The highest BCUT2D eigenvalue weighted by Gasteiger charge is 2.34. The van der Waals surface area contributed by atoms with Crippen LogP contribution in [0.2, 0.25) is 0 Å². The molecule has 1 aliphatic carbocycles. The zero-order chi connectivity index (χ0) is 12.1. The number of esters is 1. The van der Waals surface area contributed by atoms with E-state index in [1.165, 1.54) is 12.5 Å². The lowest BCUT2D eigenvalue weighted by molar-refractivity contribution is -0.151. The van der Waals surface area contributed by atoms with Gasteiger partial charge in [0.1, 0.15) is 12.0 Å². The molecular formula is C13H19NO2. The van der Waals surface area contributed by atoms with Crippen LogP contribution in [0.5, 0.6) is 0 Å². The van der Waals surface area contributed by atoms with Gasteiger partial charge >= 0.3 is 5.97 Å². The van der Waals surface area contributed by atoms with E-state index in [1.54, 1.807) is 0 Å². The molecule has 0 aromatic carbocycles. The summed E-state index contributed by atoms with van der Waals surface area (Å²) in [6.07, 6.45) is 4.57. The molecule has 88 valence electrons. The molecule has 16 heavy (non-hydrogen) atoms. The van der Waals surface area contributed by atoms with Crippen LogP contribution in [0.4, 0.5) is 0 Å². The van der Waals surface area contributed by atoms with Crippen molar-refractivity contribution >= 4 is 5.97 Å². The molecule has 3 atom stereocenters. The maximum absolute atomic E-state index is 11.0. The Morgan fingerprint density at radius 1 is 1.62 bits per heavy atom. The Hall–Kier alpha value is -1.30. The lowest BCUT2D eigenvalue weighted by atomic mass is 9.78. The Kier molecular flexibility index (Phi) is 4.54. The van der Waals surface area contributed by atoms with Crippen molar-refractivity contribution in [3.05, 3.63) is 11.6 Å². The quantitative estimate of drug-likeness (QED) is 0.544. The number of hydrogen-bond donors (Lipinski definition) is 0. The highest BCUT2D eigenvalue weighted by Crippen LogP contribution is 2.34. The van der Waals surface area contributed by atoms with Crippen molar-refractivity contribution in [3.8, 4) is 6.07 Å². The average Bonchev–Trinajstić information content (AvgIpc) is 2.28. The van der Waals surface area contributed by atoms with E-state index >= 15 is 0 Å². The minimum absolute atomic E-state index is 0.261. The minimum atomic E-state index is -0.294. The van der Waals surface area contributed by atoms with Gasteiger partial charge in [-0.15, -0.1) is 0 Å². The van der Waals surface area contributed by atoms with Gasteiger partial charge in [0.15, 0.2) is 0 Å². The Morgan fingerprint density at radius 2 is 2.31 bits per heavy atom. The summed E-state index contributed by atoms with van der Waals surface area (Å²) >= 11 is 0. The first-order valence-electron chi connectivity index (χ1n) is 5.88. The summed E-state index contributed by atoms with van der Waals surface area (Å²) in [6, 6.07) is 2.23. The summed E-state index contributed by atoms with van der Waals surface area (Å²) in [6.45, 7) is 5.58. The highest BCUT2D eigenvalue weighted by atomic mass is 16.5. The molecule has 0 saturated carbocycles. The van der Waals surface area contributed by atoms with E-state index in [0.717, 1.165) is 19.3 Å². The van der Waals surface area contributed by atoms with Crippen LogP contribution in [0.15, 0.2) is 11.6 Å². The van der Waals surface area contributed by atoms with Gasteiger partial charge in [0.05, 0.1) is 6.07 Å². The molecule has 1 rings (SSSR count). The fourth-order valence-corrected chi connectivity index (χ4v) is 2.27. The maximum Gasteiger partial charge on any atom is 0.302 e. The first-order valence-corrected chi connectivity index (χ1v) is 5.88. The monoisotopic (exact) mass is 221 g/mol. The van der Waals surface area contributed by atoms with Crippen molar-refractivity contribution in [3.63, 3.8) is 0 Å². The molecule has 0 aromatic rings. The topological polar surface area (TPSA) is 50.1 Å². The summed E-state index contributed by atoms with van der Waals surface area (Å²) in [5, 5.41) is 9.12. The molecule has 3 nitrogen and oxygen atoms in total. The standard InChI is InChI=1S/C13H19NO2/c1-4-10-6-11(5-2)13(16-9(3)15)12(7-10)8-14/h7,11-13H,4-6H2,1-3H3. The molecular weight excluding hydrogens is 202 g/mol. The Balaban J connectivity index is 2.90. The number of carbonyl (C=O) groups excluding carboxylic acids is 1. The number of carbonyl (C=O) groups is 1. The zero-order valence-electron chi connectivity index (χ0n) is 10.2. The molecule has 0 saturated heterocycles.